The van der Waals surface area contributed by atoms with Gasteiger partial charge in [-0.25, -0.2) is 9.40 Å². The summed E-state index contributed by atoms with van der Waals surface area (Å²) in [5, 5.41) is 8.01. The second-order valence-electron chi connectivity index (χ2n) is 7.77. The van der Waals surface area contributed by atoms with Gasteiger partial charge in [0.05, 0.1) is 30.9 Å². The van der Waals surface area contributed by atoms with E-state index in [9.17, 15) is 14.0 Å². The first-order valence-corrected chi connectivity index (χ1v) is 11.5. The number of thiophene rings is 1. The Morgan fingerprint density at radius 1 is 1.12 bits per heavy atom. The Hall–Kier alpha value is -3.72. The Kier molecular flexibility index (Phi) is 6.93. The Labute approximate surface area is 201 Å². The van der Waals surface area contributed by atoms with E-state index in [2.05, 4.69) is 5.10 Å². The third-order valence-corrected chi connectivity index (χ3v) is 6.47. The molecule has 0 unspecified atom stereocenters. The molecule has 0 saturated heterocycles. The molecule has 0 fully saturated rings. The van der Waals surface area contributed by atoms with Crippen LogP contribution in [0.3, 0.4) is 0 Å². The van der Waals surface area contributed by atoms with Crippen LogP contribution < -0.4 is 9.47 Å². The molecule has 0 bridgehead atoms. The first kappa shape index (κ1) is 23.4. The van der Waals surface area contributed by atoms with Crippen molar-refractivity contribution in [2.24, 2.45) is 5.10 Å². The molecule has 0 saturated carbocycles. The number of hydrazone groups is 1. The lowest BCUT2D eigenvalue weighted by Crippen LogP contribution is -2.39. The molecule has 0 radical (unpaired) electrons. The molecule has 2 amide bonds. The fourth-order valence-corrected chi connectivity index (χ4v) is 4.56. The Balaban J connectivity index is 1.60. The summed E-state index contributed by atoms with van der Waals surface area (Å²) in [5.74, 6) is -0.170. The molecule has 2 heterocycles. The summed E-state index contributed by atoms with van der Waals surface area (Å²) in [5.41, 5.74) is 1.80. The molecular weight excluding hydrogens is 457 g/mol. The minimum atomic E-state index is -0.510. The molecule has 1 aliphatic rings. The lowest BCUT2D eigenvalue weighted by Gasteiger charge is -2.25. The van der Waals surface area contributed by atoms with Crippen molar-refractivity contribution < 1.29 is 23.5 Å². The van der Waals surface area contributed by atoms with Crippen LogP contribution in [-0.4, -0.2) is 55.2 Å². The normalized spacial score (nSPS) is 15.1. The molecule has 0 N–H and O–H groups in total. The number of carbonyl (C=O) groups excluding carboxylic acids is 2. The monoisotopic (exact) mass is 481 g/mol. The number of hydrogen-bond acceptors (Lipinski definition) is 6. The van der Waals surface area contributed by atoms with Gasteiger partial charge in [0, 0.05) is 19.0 Å². The van der Waals surface area contributed by atoms with Crippen LogP contribution in [0.15, 0.2) is 65.1 Å². The zero-order valence-corrected chi connectivity index (χ0v) is 19.8. The molecule has 1 aromatic heterocycles. The van der Waals surface area contributed by atoms with Crippen molar-refractivity contribution in [3.63, 3.8) is 0 Å². The largest absolute Gasteiger partial charge is 0.493 e. The average molecular weight is 482 g/mol. The van der Waals surface area contributed by atoms with Crippen molar-refractivity contribution in [2.75, 3.05) is 27.8 Å². The zero-order valence-electron chi connectivity index (χ0n) is 19.0. The molecule has 2 aromatic carbocycles. The summed E-state index contributed by atoms with van der Waals surface area (Å²) < 4.78 is 24.3. The molecule has 0 aliphatic carbocycles. The van der Waals surface area contributed by atoms with Crippen molar-refractivity contribution in [3.05, 3.63) is 81.8 Å². The number of ether oxygens (including phenoxy) is 2. The lowest BCUT2D eigenvalue weighted by molar-refractivity contribution is -0.133. The number of nitrogens with zero attached hydrogens (tertiary/aromatic N) is 3. The van der Waals surface area contributed by atoms with E-state index in [1.165, 1.54) is 35.2 Å². The molecule has 9 heteroatoms. The van der Waals surface area contributed by atoms with E-state index in [4.69, 9.17) is 9.47 Å². The SMILES string of the molecule is COc1ccc([C@@H]2CC(c3cccs3)=NN2C(=O)CN(C)C(=O)c2cccc(F)c2)cc1OC. The number of methoxy groups -OCH3 is 2. The van der Waals surface area contributed by atoms with Crippen LogP contribution in [0.2, 0.25) is 0 Å². The molecular formula is C25H24FN3O4S. The molecule has 1 aliphatic heterocycles. The molecule has 4 rings (SSSR count). The number of carbonyl (C=O) groups is 2. The molecule has 3 aromatic rings. The van der Waals surface area contributed by atoms with E-state index in [1.54, 1.807) is 31.6 Å². The van der Waals surface area contributed by atoms with Crippen LogP contribution in [0.4, 0.5) is 4.39 Å². The highest BCUT2D eigenvalue weighted by Crippen LogP contribution is 2.38. The van der Waals surface area contributed by atoms with Gasteiger partial charge in [-0.05, 0) is 47.3 Å². The summed E-state index contributed by atoms with van der Waals surface area (Å²) in [4.78, 5) is 28.3. The van der Waals surface area contributed by atoms with Gasteiger partial charge in [-0.2, -0.15) is 5.10 Å². The van der Waals surface area contributed by atoms with Gasteiger partial charge in [0.2, 0.25) is 0 Å². The summed E-state index contributed by atoms with van der Waals surface area (Å²) in [6, 6.07) is 14.4. The average Bonchev–Trinajstić information content (AvgIpc) is 3.53. The highest BCUT2D eigenvalue weighted by molar-refractivity contribution is 7.12. The minimum absolute atomic E-state index is 0.177. The number of hydrogen-bond donors (Lipinski definition) is 0. The van der Waals surface area contributed by atoms with Crippen molar-refractivity contribution in [2.45, 2.75) is 12.5 Å². The third kappa shape index (κ3) is 4.79. The Morgan fingerprint density at radius 3 is 2.59 bits per heavy atom. The van der Waals surface area contributed by atoms with Crippen LogP contribution in [0.1, 0.15) is 33.3 Å². The summed E-state index contributed by atoms with van der Waals surface area (Å²) in [7, 11) is 4.63. The second kappa shape index (κ2) is 10.0. The maximum atomic E-state index is 13.5. The number of halogens is 1. The summed E-state index contributed by atoms with van der Waals surface area (Å²) >= 11 is 1.55. The quantitative estimate of drug-likeness (QED) is 0.503. The highest BCUT2D eigenvalue weighted by atomic mass is 32.1. The van der Waals surface area contributed by atoms with Gasteiger partial charge in [0.1, 0.15) is 12.4 Å². The molecule has 7 nitrogen and oxygen atoms in total. The number of likely N-dealkylation sites (N-methyl/N-ethyl adjacent to an activating group) is 1. The van der Waals surface area contributed by atoms with Crippen molar-refractivity contribution in [1.29, 1.82) is 0 Å². The van der Waals surface area contributed by atoms with Crippen LogP contribution in [0, 0.1) is 5.82 Å². The topological polar surface area (TPSA) is 71.4 Å². The Morgan fingerprint density at radius 2 is 1.91 bits per heavy atom. The molecule has 1 atom stereocenters. The van der Waals surface area contributed by atoms with Crippen LogP contribution in [0.5, 0.6) is 11.5 Å². The predicted molar refractivity (Wildman–Crippen MR) is 128 cm³/mol. The number of amides is 2. The van der Waals surface area contributed by atoms with Gasteiger partial charge < -0.3 is 14.4 Å². The molecule has 34 heavy (non-hydrogen) atoms. The van der Waals surface area contributed by atoms with Gasteiger partial charge in [0.15, 0.2) is 11.5 Å². The Bertz CT molecular complexity index is 1230. The van der Waals surface area contributed by atoms with Gasteiger partial charge >= 0.3 is 0 Å². The van der Waals surface area contributed by atoms with E-state index in [-0.39, 0.29) is 24.1 Å². The predicted octanol–water partition coefficient (Wildman–Crippen LogP) is 4.35. The summed E-state index contributed by atoms with van der Waals surface area (Å²) in [6.45, 7) is -0.208. The van der Waals surface area contributed by atoms with E-state index in [1.807, 2.05) is 29.6 Å². The van der Waals surface area contributed by atoms with Gasteiger partial charge in [-0.3, -0.25) is 9.59 Å². The minimum Gasteiger partial charge on any atom is -0.493 e. The van der Waals surface area contributed by atoms with Gasteiger partial charge in [0.25, 0.3) is 11.8 Å². The third-order valence-electron chi connectivity index (χ3n) is 5.55. The zero-order chi connectivity index (χ0) is 24.2. The van der Waals surface area contributed by atoms with Gasteiger partial charge in [-0.1, -0.05) is 18.2 Å². The molecule has 0 spiro atoms. The number of rotatable bonds is 7. The second-order valence-corrected chi connectivity index (χ2v) is 8.72. The number of benzene rings is 2. The summed E-state index contributed by atoms with van der Waals surface area (Å²) in [6.07, 6.45) is 0.517. The highest BCUT2D eigenvalue weighted by Gasteiger charge is 2.34. The van der Waals surface area contributed by atoms with Crippen molar-refractivity contribution in [1.82, 2.24) is 9.91 Å². The van der Waals surface area contributed by atoms with Crippen molar-refractivity contribution >= 4 is 28.9 Å². The van der Waals surface area contributed by atoms with Crippen molar-refractivity contribution in [3.8, 4) is 11.5 Å². The van der Waals surface area contributed by atoms with E-state index in [0.29, 0.717) is 17.9 Å². The van der Waals surface area contributed by atoms with Crippen LogP contribution in [0.25, 0.3) is 0 Å². The van der Waals surface area contributed by atoms with Crippen LogP contribution >= 0.6 is 11.3 Å². The molecule has 176 valence electrons. The van der Waals surface area contributed by atoms with E-state index < -0.39 is 11.7 Å². The smallest absolute Gasteiger partial charge is 0.262 e. The maximum absolute atomic E-state index is 13.5. The standard InChI is InChI=1S/C25H24FN3O4S/c1-28(25(31)17-6-4-7-18(26)12-17)15-24(30)29-20(14-19(27-29)23-8-5-11-34-23)16-9-10-21(32-2)22(13-16)33-3/h4-13,20H,14-15H2,1-3H3/t20-/m0/s1. The fourth-order valence-electron chi connectivity index (χ4n) is 3.84. The van der Waals surface area contributed by atoms with E-state index in [0.717, 1.165) is 22.2 Å². The lowest BCUT2D eigenvalue weighted by atomic mass is 10.0. The van der Waals surface area contributed by atoms with E-state index >= 15 is 0 Å². The first-order chi connectivity index (χ1) is 16.4. The first-order valence-electron chi connectivity index (χ1n) is 10.6. The fraction of sp³-hybridized carbons (Fsp3) is 0.240. The van der Waals surface area contributed by atoms with Gasteiger partial charge in [-0.15, -0.1) is 11.3 Å². The maximum Gasteiger partial charge on any atom is 0.262 e. The van der Waals surface area contributed by atoms with Crippen LogP contribution in [-0.2, 0) is 4.79 Å².